The zero-order valence-electron chi connectivity index (χ0n) is 14.6. The average molecular weight is 362 g/mol. The van der Waals surface area contributed by atoms with E-state index in [1.54, 1.807) is 37.4 Å². The van der Waals surface area contributed by atoms with E-state index in [0.717, 1.165) is 16.2 Å². The Morgan fingerprint density at radius 3 is 2.60 bits per heavy atom. The number of carbonyl (C=O) groups is 2. The molecule has 2 N–H and O–H groups in total. The number of rotatable bonds is 7. The lowest BCUT2D eigenvalue weighted by atomic mass is 10.1. The lowest BCUT2D eigenvalue weighted by Crippen LogP contribution is -3.08. The van der Waals surface area contributed by atoms with Crippen molar-refractivity contribution in [3.8, 4) is 5.75 Å². The van der Waals surface area contributed by atoms with Crippen molar-refractivity contribution >= 4 is 29.0 Å². The summed E-state index contributed by atoms with van der Waals surface area (Å²) in [4.78, 5) is 24.9. The highest BCUT2D eigenvalue weighted by Crippen LogP contribution is 2.21. The van der Waals surface area contributed by atoms with Crippen molar-refractivity contribution in [3.05, 3.63) is 58.6 Å². The summed E-state index contributed by atoms with van der Waals surface area (Å²) >= 11 is 6.04. The van der Waals surface area contributed by atoms with Crippen LogP contribution in [-0.2, 0) is 11.3 Å². The van der Waals surface area contributed by atoms with Gasteiger partial charge < -0.3 is 15.0 Å². The summed E-state index contributed by atoms with van der Waals surface area (Å²) in [6.45, 7) is 2.32. The maximum absolute atomic E-state index is 12.3. The molecule has 0 fully saturated rings. The topological polar surface area (TPSA) is 59.8 Å². The Balaban J connectivity index is 2.02. The minimum absolute atomic E-state index is 0.0831. The fourth-order valence-corrected chi connectivity index (χ4v) is 2.84. The van der Waals surface area contributed by atoms with E-state index in [0.29, 0.717) is 22.8 Å². The first-order valence-corrected chi connectivity index (χ1v) is 8.32. The molecule has 2 aromatic rings. The zero-order valence-corrected chi connectivity index (χ0v) is 15.3. The predicted molar refractivity (Wildman–Crippen MR) is 98.5 cm³/mol. The van der Waals surface area contributed by atoms with Crippen molar-refractivity contribution in [2.45, 2.75) is 13.5 Å². The monoisotopic (exact) mass is 361 g/mol. The third kappa shape index (κ3) is 5.31. The van der Waals surface area contributed by atoms with Crippen molar-refractivity contribution in [2.24, 2.45) is 0 Å². The highest BCUT2D eigenvalue weighted by atomic mass is 35.5. The summed E-state index contributed by atoms with van der Waals surface area (Å²) in [5.41, 5.74) is 1.97. The van der Waals surface area contributed by atoms with E-state index in [4.69, 9.17) is 16.3 Å². The number of anilines is 1. The Labute approximate surface area is 152 Å². The van der Waals surface area contributed by atoms with E-state index < -0.39 is 0 Å². The number of halogens is 1. The van der Waals surface area contributed by atoms with Crippen molar-refractivity contribution in [2.75, 3.05) is 26.0 Å². The van der Waals surface area contributed by atoms with Gasteiger partial charge in [0, 0.05) is 16.1 Å². The van der Waals surface area contributed by atoms with Gasteiger partial charge in [0.15, 0.2) is 12.3 Å². The number of quaternary nitrogens is 1. The van der Waals surface area contributed by atoms with Crippen LogP contribution in [0.25, 0.3) is 0 Å². The second-order valence-electron chi connectivity index (χ2n) is 5.92. The van der Waals surface area contributed by atoms with Crippen molar-refractivity contribution in [1.29, 1.82) is 0 Å². The first-order chi connectivity index (χ1) is 11.9. The molecule has 2 aromatic carbocycles. The van der Waals surface area contributed by atoms with Crippen LogP contribution in [0.4, 0.5) is 5.69 Å². The minimum Gasteiger partial charge on any atom is -0.496 e. The number of para-hydroxylation sites is 1. The Morgan fingerprint density at radius 1 is 1.20 bits per heavy atom. The number of methoxy groups -OCH3 is 1. The number of benzene rings is 2. The van der Waals surface area contributed by atoms with Crippen LogP contribution in [0.2, 0.25) is 5.02 Å². The zero-order chi connectivity index (χ0) is 18.4. The van der Waals surface area contributed by atoms with E-state index in [-0.39, 0.29) is 18.2 Å². The lowest BCUT2D eigenvalue weighted by Gasteiger charge is -2.16. The van der Waals surface area contributed by atoms with E-state index in [2.05, 4.69) is 5.32 Å². The summed E-state index contributed by atoms with van der Waals surface area (Å²) in [5, 5.41) is 3.44. The summed E-state index contributed by atoms with van der Waals surface area (Å²) in [7, 11) is 3.52. The number of hydrogen-bond donors (Lipinski definition) is 2. The molecule has 0 aliphatic carbocycles. The molecule has 0 aliphatic rings. The van der Waals surface area contributed by atoms with Crippen LogP contribution >= 0.6 is 11.6 Å². The number of Topliss-reactive ketones (excluding diaryl/α,β-unsaturated/α-hetero) is 1. The molecule has 2 rings (SSSR count). The first-order valence-electron chi connectivity index (χ1n) is 7.94. The summed E-state index contributed by atoms with van der Waals surface area (Å²) < 4.78 is 5.33. The number of amides is 1. The molecule has 0 spiro atoms. The summed E-state index contributed by atoms with van der Waals surface area (Å²) in [5.74, 6) is 0.499. The fraction of sp³-hybridized carbons (Fsp3) is 0.263. The lowest BCUT2D eigenvalue weighted by molar-refractivity contribution is -0.885. The Hall–Kier alpha value is -2.37. The highest BCUT2D eigenvalue weighted by Gasteiger charge is 2.15. The number of hydrogen-bond acceptors (Lipinski definition) is 3. The van der Waals surface area contributed by atoms with Crippen molar-refractivity contribution < 1.29 is 19.2 Å². The Kier molecular flexibility index (Phi) is 6.56. The third-order valence-electron chi connectivity index (χ3n) is 3.78. The third-order valence-corrected chi connectivity index (χ3v) is 4.01. The first kappa shape index (κ1) is 19.0. The van der Waals surface area contributed by atoms with Crippen LogP contribution in [0.5, 0.6) is 5.75 Å². The van der Waals surface area contributed by atoms with Gasteiger partial charge in [-0.3, -0.25) is 9.59 Å². The molecule has 1 atom stereocenters. The molecule has 0 bridgehead atoms. The molecule has 0 saturated carbocycles. The van der Waals surface area contributed by atoms with Crippen LogP contribution in [0.15, 0.2) is 42.5 Å². The number of nitrogens with one attached hydrogen (secondary N) is 2. The van der Waals surface area contributed by atoms with Gasteiger partial charge in [0.25, 0.3) is 5.91 Å². The van der Waals surface area contributed by atoms with Gasteiger partial charge >= 0.3 is 0 Å². The molecule has 0 saturated heterocycles. The number of carbonyl (C=O) groups excluding carboxylic acids is 2. The normalized spacial score (nSPS) is 11.7. The van der Waals surface area contributed by atoms with Gasteiger partial charge in [-0.15, -0.1) is 0 Å². The van der Waals surface area contributed by atoms with Gasteiger partial charge in [0.05, 0.1) is 19.8 Å². The van der Waals surface area contributed by atoms with Crippen LogP contribution in [-0.4, -0.2) is 32.4 Å². The smallest absolute Gasteiger partial charge is 0.279 e. The molecule has 0 heterocycles. The predicted octanol–water partition coefficient (Wildman–Crippen LogP) is 2.20. The van der Waals surface area contributed by atoms with Gasteiger partial charge in [-0.1, -0.05) is 23.7 Å². The fourth-order valence-electron chi connectivity index (χ4n) is 2.64. The largest absolute Gasteiger partial charge is 0.496 e. The summed E-state index contributed by atoms with van der Waals surface area (Å²) in [6.07, 6.45) is 0. The Bertz CT molecular complexity index is 777. The maximum Gasteiger partial charge on any atom is 0.279 e. The molecule has 25 heavy (non-hydrogen) atoms. The quantitative estimate of drug-likeness (QED) is 0.743. The van der Waals surface area contributed by atoms with E-state index in [1.165, 1.54) is 6.92 Å². The van der Waals surface area contributed by atoms with Gasteiger partial charge in [-0.05, 0) is 37.3 Å². The van der Waals surface area contributed by atoms with Gasteiger partial charge in [-0.2, -0.15) is 0 Å². The molecule has 0 aromatic heterocycles. The Morgan fingerprint density at radius 2 is 1.92 bits per heavy atom. The minimum atomic E-state index is -0.160. The SMILES string of the molecule is COc1ccc(Cl)cc1C[NH+](C)CC(=O)Nc1ccccc1C(C)=O. The van der Waals surface area contributed by atoms with Crippen molar-refractivity contribution in [3.63, 3.8) is 0 Å². The number of ketones is 1. The average Bonchev–Trinajstić information content (AvgIpc) is 2.55. The summed E-state index contributed by atoms with van der Waals surface area (Å²) in [6, 6.07) is 12.4. The number of ether oxygens (including phenoxy) is 1. The molecular formula is C19H22ClN2O3+. The molecule has 1 amide bonds. The molecule has 6 heteroatoms. The van der Waals surface area contributed by atoms with Crippen LogP contribution in [0, 0.1) is 0 Å². The number of likely N-dealkylation sites (N-methyl/N-ethyl adjacent to an activating group) is 1. The highest BCUT2D eigenvalue weighted by molar-refractivity contribution is 6.30. The molecule has 1 unspecified atom stereocenters. The molecule has 0 aliphatic heterocycles. The van der Waals surface area contributed by atoms with E-state index in [1.807, 2.05) is 19.2 Å². The van der Waals surface area contributed by atoms with E-state index >= 15 is 0 Å². The van der Waals surface area contributed by atoms with Crippen molar-refractivity contribution in [1.82, 2.24) is 0 Å². The standard InChI is InChI=1S/C19H21ClN2O3/c1-13(23)16-6-4-5-7-17(16)21-19(24)12-22(2)11-14-10-15(20)8-9-18(14)25-3/h4-10H,11-12H2,1-3H3,(H,21,24)/p+1. The van der Waals surface area contributed by atoms with E-state index in [9.17, 15) is 9.59 Å². The van der Waals surface area contributed by atoms with Crippen LogP contribution in [0.1, 0.15) is 22.8 Å². The molecule has 0 radical (unpaired) electrons. The van der Waals surface area contributed by atoms with Gasteiger partial charge in [-0.25, -0.2) is 0 Å². The van der Waals surface area contributed by atoms with Gasteiger partial charge in [0.1, 0.15) is 12.3 Å². The van der Waals surface area contributed by atoms with Gasteiger partial charge in [0.2, 0.25) is 0 Å². The van der Waals surface area contributed by atoms with Crippen LogP contribution in [0.3, 0.4) is 0 Å². The maximum atomic E-state index is 12.3. The second-order valence-corrected chi connectivity index (χ2v) is 6.35. The van der Waals surface area contributed by atoms with Crippen LogP contribution < -0.4 is 15.0 Å². The second kappa shape index (κ2) is 8.65. The molecule has 132 valence electrons. The molecule has 5 nitrogen and oxygen atoms in total. The molecular weight excluding hydrogens is 340 g/mol.